The Morgan fingerprint density at radius 1 is 1.29 bits per heavy atom. The maximum Gasteiger partial charge on any atom is 0.374 e. The number of carbonyl (C=O) groups is 1. The summed E-state index contributed by atoms with van der Waals surface area (Å²) in [5.41, 5.74) is 3.01. The first-order chi connectivity index (χ1) is 10.2. The number of carbonyl (C=O) groups excluding carboxylic acids is 1. The van der Waals surface area contributed by atoms with Crippen LogP contribution in [-0.2, 0) is 11.3 Å². The normalized spacial score (nSPS) is 10.5. The van der Waals surface area contributed by atoms with E-state index in [2.05, 4.69) is 4.98 Å². The lowest BCUT2D eigenvalue weighted by Gasteiger charge is -2.00. The second-order valence-electron chi connectivity index (χ2n) is 4.56. The topological polar surface area (TPSA) is 52.3 Å². The van der Waals surface area contributed by atoms with Gasteiger partial charge in [-0.15, -0.1) is 11.3 Å². The molecule has 0 aliphatic carbocycles. The van der Waals surface area contributed by atoms with Crippen molar-refractivity contribution in [1.29, 1.82) is 0 Å². The van der Waals surface area contributed by atoms with Crippen molar-refractivity contribution >= 4 is 17.3 Å². The average Bonchev–Trinajstić information content (AvgIpc) is 3.17. The number of hydrogen-bond acceptors (Lipinski definition) is 5. The number of nitrogens with zero attached hydrogens (tertiary/aromatic N) is 1. The molecule has 2 heterocycles. The summed E-state index contributed by atoms with van der Waals surface area (Å²) in [5.74, 6) is -0.283. The van der Waals surface area contributed by atoms with E-state index in [0.717, 1.165) is 16.3 Å². The molecule has 1 aromatic carbocycles. The zero-order valence-corrected chi connectivity index (χ0v) is 12.2. The van der Waals surface area contributed by atoms with Crippen molar-refractivity contribution < 1.29 is 13.9 Å². The summed E-state index contributed by atoms with van der Waals surface area (Å²) < 4.78 is 10.1. The molecule has 0 N–H and O–H groups in total. The summed E-state index contributed by atoms with van der Waals surface area (Å²) in [7, 11) is 0. The molecule has 0 atom stereocenters. The summed E-state index contributed by atoms with van der Waals surface area (Å²) in [4.78, 5) is 16.1. The minimum Gasteiger partial charge on any atom is -0.457 e. The van der Waals surface area contributed by atoms with Crippen LogP contribution in [0.25, 0.3) is 10.6 Å². The van der Waals surface area contributed by atoms with Crippen LogP contribution in [-0.4, -0.2) is 11.0 Å². The third-order valence-corrected chi connectivity index (χ3v) is 3.86. The van der Waals surface area contributed by atoms with Gasteiger partial charge in [0.1, 0.15) is 11.6 Å². The van der Waals surface area contributed by atoms with Crippen molar-refractivity contribution in [3.05, 3.63) is 65.1 Å². The number of furan rings is 1. The molecule has 106 valence electrons. The molecule has 4 nitrogen and oxygen atoms in total. The molecule has 0 unspecified atom stereocenters. The summed E-state index contributed by atoms with van der Waals surface area (Å²) in [5, 5.41) is 2.81. The van der Waals surface area contributed by atoms with Crippen LogP contribution in [0.1, 0.15) is 21.8 Å². The molecule has 0 amide bonds. The molecular weight excluding hydrogens is 286 g/mol. The molecule has 5 heteroatoms. The highest BCUT2D eigenvalue weighted by molar-refractivity contribution is 7.13. The second kappa shape index (κ2) is 5.93. The van der Waals surface area contributed by atoms with Crippen LogP contribution < -0.4 is 0 Å². The lowest BCUT2D eigenvalue weighted by molar-refractivity contribution is 0.0432. The van der Waals surface area contributed by atoms with Crippen molar-refractivity contribution in [2.24, 2.45) is 0 Å². The van der Waals surface area contributed by atoms with E-state index in [0.29, 0.717) is 0 Å². The Morgan fingerprint density at radius 2 is 2.10 bits per heavy atom. The molecule has 0 saturated carbocycles. The predicted molar refractivity (Wildman–Crippen MR) is 80.1 cm³/mol. The molecule has 2 aromatic heterocycles. The second-order valence-corrected chi connectivity index (χ2v) is 5.42. The fourth-order valence-corrected chi connectivity index (χ4v) is 2.62. The van der Waals surface area contributed by atoms with Gasteiger partial charge in [-0.05, 0) is 19.1 Å². The molecule has 0 aliphatic rings. The molecule has 0 radical (unpaired) electrons. The quantitative estimate of drug-likeness (QED) is 0.681. The number of aryl methyl sites for hydroxylation is 1. The van der Waals surface area contributed by atoms with Gasteiger partial charge in [0.05, 0.1) is 12.0 Å². The predicted octanol–water partition coefficient (Wildman–Crippen LogP) is 4.07. The summed E-state index contributed by atoms with van der Waals surface area (Å²) in [6.45, 7) is 2.19. The molecule has 0 saturated heterocycles. The largest absolute Gasteiger partial charge is 0.457 e. The monoisotopic (exact) mass is 299 g/mol. The lowest BCUT2D eigenvalue weighted by Crippen LogP contribution is -2.04. The molecular formula is C16H13NO3S. The molecule has 3 aromatic rings. The van der Waals surface area contributed by atoms with E-state index in [1.54, 1.807) is 12.1 Å². The van der Waals surface area contributed by atoms with E-state index >= 15 is 0 Å². The first-order valence-electron chi connectivity index (χ1n) is 6.44. The van der Waals surface area contributed by atoms with E-state index in [1.165, 1.54) is 23.2 Å². The Kier molecular flexibility index (Phi) is 3.83. The Balaban J connectivity index is 1.65. The third-order valence-electron chi connectivity index (χ3n) is 2.92. The van der Waals surface area contributed by atoms with Gasteiger partial charge in [-0.2, -0.15) is 0 Å². The number of hydrogen-bond donors (Lipinski definition) is 0. The van der Waals surface area contributed by atoms with Gasteiger partial charge in [0.2, 0.25) is 5.76 Å². The van der Waals surface area contributed by atoms with Crippen molar-refractivity contribution in [2.75, 3.05) is 0 Å². The van der Waals surface area contributed by atoms with Crippen molar-refractivity contribution in [1.82, 2.24) is 4.98 Å². The zero-order chi connectivity index (χ0) is 14.7. The smallest absolute Gasteiger partial charge is 0.374 e. The van der Waals surface area contributed by atoms with E-state index in [-0.39, 0.29) is 12.4 Å². The highest BCUT2D eigenvalue weighted by Gasteiger charge is 2.11. The van der Waals surface area contributed by atoms with Crippen LogP contribution >= 0.6 is 11.3 Å². The van der Waals surface area contributed by atoms with Gasteiger partial charge in [0.25, 0.3) is 0 Å². The molecule has 3 rings (SSSR count). The maximum absolute atomic E-state index is 11.7. The maximum atomic E-state index is 11.7. The Bertz CT molecular complexity index is 729. The number of esters is 1. The number of ether oxygens (including phenoxy) is 1. The highest BCUT2D eigenvalue weighted by Crippen LogP contribution is 2.24. The van der Waals surface area contributed by atoms with Gasteiger partial charge in [0, 0.05) is 10.9 Å². The van der Waals surface area contributed by atoms with Crippen LogP contribution in [0.3, 0.4) is 0 Å². The standard InChI is InChI=1S/C16H13NO3S/c1-11-4-6-12(7-5-11)15-17-13(10-21-15)9-20-16(18)14-3-2-8-19-14/h2-8,10H,9H2,1H3. The Morgan fingerprint density at radius 3 is 2.81 bits per heavy atom. The van der Waals surface area contributed by atoms with Crippen molar-refractivity contribution in [2.45, 2.75) is 13.5 Å². The Labute approximate surface area is 126 Å². The van der Waals surface area contributed by atoms with Gasteiger partial charge < -0.3 is 9.15 Å². The molecule has 0 spiro atoms. The molecule has 21 heavy (non-hydrogen) atoms. The fourth-order valence-electron chi connectivity index (χ4n) is 1.81. The minimum atomic E-state index is -0.482. The van der Waals surface area contributed by atoms with Gasteiger partial charge >= 0.3 is 5.97 Å². The number of aromatic nitrogens is 1. The average molecular weight is 299 g/mol. The molecule has 0 aliphatic heterocycles. The van der Waals surface area contributed by atoms with Crippen molar-refractivity contribution in [3.8, 4) is 10.6 Å². The number of benzene rings is 1. The summed E-state index contributed by atoms with van der Waals surface area (Å²) >= 11 is 1.53. The van der Waals surface area contributed by atoms with Gasteiger partial charge in [0.15, 0.2) is 0 Å². The SMILES string of the molecule is Cc1ccc(-c2nc(COC(=O)c3ccco3)cs2)cc1. The van der Waals surface area contributed by atoms with Crippen molar-refractivity contribution in [3.63, 3.8) is 0 Å². The molecule has 0 fully saturated rings. The van der Waals surface area contributed by atoms with E-state index in [9.17, 15) is 4.79 Å². The highest BCUT2D eigenvalue weighted by atomic mass is 32.1. The first-order valence-corrected chi connectivity index (χ1v) is 7.32. The first kappa shape index (κ1) is 13.6. The van der Waals surface area contributed by atoms with E-state index in [4.69, 9.17) is 9.15 Å². The van der Waals surface area contributed by atoms with E-state index < -0.39 is 5.97 Å². The lowest BCUT2D eigenvalue weighted by atomic mass is 10.2. The van der Waals surface area contributed by atoms with Crippen LogP contribution in [0.15, 0.2) is 52.5 Å². The summed E-state index contributed by atoms with van der Waals surface area (Å²) in [6.07, 6.45) is 1.44. The number of thiazole rings is 1. The van der Waals surface area contributed by atoms with Crippen LogP contribution in [0.2, 0.25) is 0 Å². The van der Waals surface area contributed by atoms with Gasteiger partial charge in [-0.1, -0.05) is 29.8 Å². The fraction of sp³-hybridized carbons (Fsp3) is 0.125. The van der Waals surface area contributed by atoms with Gasteiger partial charge in [-0.25, -0.2) is 9.78 Å². The Hall–Kier alpha value is -2.40. The molecule has 0 bridgehead atoms. The zero-order valence-electron chi connectivity index (χ0n) is 11.4. The summed E-state index contributed by atoms with van der Waals surface area (Å²) in [6, 6.07) is 11.4. The third kappa shape index (κ3) is 3.20. The number of rotatable bonds is 4. The van der Waals surface area contributed by atoms with E-state index in [1.807, 2.05) is 36.6 Å². The van der Waals surface area contributed by atoms with Crippen LogP contribution in [0.4, 0.5) is 0 Å². The van der Waals surface area contributed by atoms with Crippen LogP contribution in [0.5, 0.6) is 0 Å². The van der Waals surface area contributed by atoms with Crippen LogP contribution in [0, 0.1) is 6.92 Å². The van der Waals surface area contributed by atoms with Gasteiger partial charge in [-0.3, -0.25) is 0 Å². The minimum absolute atomic E-state index is 0.141.